The van der Waals surface area contributed by atoms with Crippen molar-refractivity contribution in [1.29, 1.82) is 0 Å². The van der Waals surface area contributed by atoms with E-state index in [1.54, 1.807) is 7.11 Å². The molecule has 0 amide bonds. The highest BCUT2D eigenvalue weighted by Gasteiger charge is 2.45. The van der Waals surface area contributed by atoms with Crippen molar-refractivity contribution in [3.05, 3.63) is 42.0 Å². The van der Waals surface area contributed by atoms with Gasteiger partial charge in [0.2, 0.25) is 0 Å². The van der Waals surface area contributed by atoms with Crippen LogP contribution in [0.1, 0.15) is 43.7 Å². The molecule has 1 aliphatic carbocycles. The molecule has 114 valence electrons. The standard InChI is InChI=1S/C18H24O3/c1-4-10-18(15(5-2)17(19)20)11-6-7-13-8-9-14(21-3)12-16(13)18/h4,8-9,12,15H,1,5-7,10-11H2,2-3H3,(H,19,20). The summed E-state index contributed by atoms with van der Waals surface area (Å²) in [4.78, 5) is 11.8. The summed E-state index contributed by atoms with van der Waals surface area (Å²) in [6.45, 7) is 5.82. The molecule has 2 rings (SSSR count). The second-order valence-corrected chi connectivity index (χ2v) is 5.82. The fourth-order valence-electron chi connectivity index (χ4n) is 3.87. The molecule has 0 fully saturated rings. The van der Waals surface area contributed by atoms with E-state index in [9.17, 15) is 9.90 Å². The molecule has 1 N–H and O–H groups in total. The molecule has 2 atom stereocenters. The van der Waals surface area contributed by atoms with Gasteiger partial charge in [0.15, 0.2) is 0 Å². The Morgan fingerprint density at radius 1 is 1.57 bits per heavy atom. The average Bonchev–Trinajstić information content (AvgIpc) is 2.48. The third-order valence-corrected chi connectivity index (χ3v) is 4.80. The number of carbonyl (C=O) groups is 1. The van der Waals surface area contributed by atoms with E-state index in [-0.39, 0.29) is 11.3 Å². The minimum absolute atomic E-state index is 0.357. The number of fused-ring (bicyclic) bond motifs is 1. The first-order valence-corrected chi connectivity index (χ1v) is 7.60. The molecular weight excluding hydrogens is 264 g/mol. The lowest BCUT2D eigenvalue weighted by Gasteiger charge is -2.43. The van der Waals surface area contributed by atoms with Gasteiger partial charge in [-0.1, -0.05) is 19.1 Å². The molecule has 0 bridgehead atoms. The van der Waals surface area contributed by atoms with Crippen molar-refractivity contribution >= 4 is 5.97 Å². The summed E-state index contributed by atoms with van der Waals surface area (Å²) < 4.78 is 5.35. The Labute approximate surface area is 126 Å². The monoisotopic (exact) mass is 288 g/mol. The smallest absolute Gasteiger partial charge is 0.307 e. The predicted octanol–water partition coefficient (Wildman–Crippen LogP) is 3.96. The molecule has 0 aliphatic heterocycles. The average molecular weight is 288 g/mol. The number of carboxylic acids is 1. The SMILES string of the molecule is C=CCC1(C(CC)C(=O)O)CCCc2ccc(OC)cc21. The van der Waals surface area contributed by atoms with E-state index >= 15 is 0 Å². The number of hydrogen-bond acceptors (Lipinski definition) is 2. The topological polar surface area (TPSA) is 46.5 Å². The molecule has 2 unspecified atom stereocenters. The van der Waals surface area contributed by atoms with Crippen LogP contribution in [0.5, 0.6) is 5.75 Å². The van der Waals surface area contributed by atoms with Crippen LogP contribution >= 0.6 is 0 Å². The zero-order chi connectivity index (χ0) is 15.5. The van der Waals surface area contributed by atoms with Crippen LogP contribution in [-0.2, 0) is 16.6 Å². The van der Waals surface area contributed by atoms with Gasteiger partial charge in [-0.3, -0.25) is 4.79 Å². The molecule has 1 aliphatic rings. The summed E-state index contributed by atoms with van der Waals surface area (Å²) in [6, 6.07) is 6.08. The van der Waals surface area contributed by atoms with Crippen LogP contribution in [0.25, 0.3) is 0 Å². The molecule has 0 spiro atoms. The van der Waals surface area contributed by atoms with Gasteiger partial charge in [0.1, 0.15) is 5.75 Å². The number of methoxy groups -OCH3 is 1. The van der Waals surface area contributed by atoms with Crippen molar-refractivity contribution in [3.8, 4) is 5.75 Å². The maximum absolute atomic E-state index is 11.8. The number of aryl methyl sites for hydroxylation is 1. The fourth-order valence-corrected chi connectivity index (χ4v) is 3.87. The maximum atomic E-state index is 11.8. The Balaban J connectivity index is 2.62. The quantitative estimate of drug-likeness (QED) is 0.806. The van der Waals surface area contributed by atoms with Crippen molar-refractivity contribution in [2.45, 2.75) is 44.4 Å². The van der Waals surface area contributed by atoms with E-state index in [1.807, 2.05) is 25.1 Å². The number of rotatable bonds is 6. The molecule has 3 nitrogen and oxygen atoms in total. The second-order valence-electron chi connectivity index (χ2n) is 5.82. The number of carboxylic acid groups (broad SMARTS) is 1. The maximum Gasteiger partial charge on any atom is 0.307 e. The number of ether oxygens (including phenoxy) is 1. The lowest BCUT2D eigenvalue weighted by atomic mass is 9.60. The highest BCUT2D eigenvalue weighted by molar-refractivity contribution is 5.73. The van der Waals surface area contributed by atoms with Crippen molar-refractivity contribution in [2.24, 2.45) is 5.92 Å². The lowest BCUT2D eigenvalue weighted by Crippen LogP contribution is -2.42. The van der Waals surface area contributed by atoms with Crippen molar-refractivity contribution in [3.63, 3.8) is 0 Å². The van der Waals surface area contributed by atoms with E-state index in [0.29, 0.717) is 12.8 Å². The number of benzene rings is 1. The van der Waals surface area contributed by atoms with E-state index in [1.165, 1.54) is 5.56 Å². The minimum Gasteiger partial charge on any atom is -0.497 e. The molecule has 0 radical (unpaired) electrons. The normalized spacial score (nSPS) is 22.2. The minimum atomic E-state index is -0.713. The van der Waals surface area contributed by atoms with Crippen LogP contribution in [-0.4, -0.2) is 18.2 Å². The van der Waals surface area contributed by atoms with Crippen LogP contribution in [0, 0.1) is 5.92 Å². The predicted molar refractivity (Wildman–Crippen MR) is 83.8 cm³/mol. The number of hydrogen-bond donors (Lipinski definition) is 1. The van der Waals surface area contributed by atoms with E-state index in [4.69, 9.17) is 4.74 Å². The van der Waals surface area contributed by atoms with Crippen molar-refractivity contribution < 1.29 is 14.6 Å². The van der Waals surface area contributed by atoms with Crippen LogP contribution in [0.15, 0.2) is 30.9 Å². The van der Waals surface area contributed by atoms with Crippen LogP contribution in [0.4, 0.5) is 0 Å². The lowest BCUT2D eigenvalue weighted by molar-refractivity contribution is -0.145. The summed E-state index contributed by atoms with van der Waals surface area (Å²) in [5, 5.41) is 9.70. The summed E-state index contributed by atoms with van der Waals surface area (Å²) in [5.41, 5.74) is 2.04. The molecule has 0 aromatic heterocycles. The summed E-state index contributed by atoms with van der Waals surface area (Å²) in [7, 11) is 1.65. The third kappa shape index (κ3) is 2.69. The third-order valence-electron chi connectivity index (χ3n) is 4.80. The molecule has 1 aromatic carbocycles. The summed E-state index contributed by atoms with van der Waals surface area (Å²) >= 11 is 0. The largest absolute Gasteiger partial charge is 0.497 e. The Bertz CT molecular complexity index is 535. The van der Waals surface area contributed by atoms with Crippen molar-refractivity contribution in [2.75, 3.05) is 7.11 Å². The van der Waals surface area contributed by atoms with Crippen LogP contribution < -0.4 is 4.74 Å². The highest BCUT2D eigenvalue weighted by Crippen LogP contribution is 2.48. The molecule has 3 heteroatoms. The first-order valence-electron chi connectivity index (χ1n) is 7.60. The molecule has 0 saturated heterocycles. The van der Waals surface area contributed by atoms with E-state index in [2.05, 4.69) is 12.6 Å². The van der Waals surface area contributed by atoms with Crippen LogP contribution in [0.3, 0.4) is 0 Å². The zero-order valence-electron chi connectivity index (χ0n) is 12.9. The second kappa shape index (κ2) is 6.33. The van der Waals surface area contributed by atoms with Crippen LogP contribution in [0.2, 0.25) is 0 Å². The van der Waals surface area contributed by atoms with E-state index < -0.39 is 5.97 Å². The van der Waals surface area contributed by atoms with Gasteiger partial charge in [0.05, 0.1) is 13.0 Å². The van der Waals surface area contributed by atoms with E-state index in [0.717, 1.165) is 30.6 Å². The Hall–Kier alpha value is -1.77. The summed E-state index contributed by atoms with van der Waals surface area (Å²) in [6.07, 6.45) is 6.10. The summed E-state index contributed by atoms with van der Waals surface area (Å²) in [5.74, 6) is -0.305. The Morgan fingerprint density at radius 3 is 2.90 bits per heavy atom. The first kappa shape index (κ1) is 15.6. The fraction of sp³-hybridized carbons (Fsp3) is 0.500. The first-order chi connectivity index (χ1) is 10.1. The Kier molecular flexibility index (Phi) is 4.71. The number of aliphatic carboxylic acids is 1. The van der Waals surface area contributed by atoms with Gasteiger partial charge >= 0.3 is 5.97 Å². The molecular formula is C18H24O3. The van der Waals surface area contributed by atoms with Gasteiger partial charge in [-0.05, 0) is 55.4 Å². The van der Waals surface area contributed by atoms with Gasteiger partial charge in [-0.25, -0.2) is 0 Å². The highest BCUT2D eigenvalue weighted by atomic mass is 16.5. The van der Waals surface area contributed by atoms with Gasteiger partial charge < -0.3 is 9.84 Å². The molecule has 0 heterocycles. The van der Waals surface area contributed by atoms with Gasteiger partial charge in [0.25, 0.3) is 0 Å². The molecule has 21 heavy (non-hydrogen) atoms. The molecule has 0 saturated carbocycles. The van der Waals surface area contributed by atoms with Gasteiger partial charge in [-0.2, -0.15) is 0 Å². The Morgan fingerprint density at radius 2 is 2.33 bits per heavy atom. The van der Waals surface area contributed by atoms with Gasteiger partial charge in [0, 0.05) is 5.41 Å². The zero-order valence-corrected chi connectivity index (χ0v) is 12.9. The van der Waals surface area contributed by atoms with Gasteiger partial charge in [-0.15, -0.1) is 6.58 Å². The van der Waals surface area contributed by atoms with Crippen molar-refractivity contribution in [1.82, 2.24) is 0 Å². The number of allylic oxidation sites excluding steroid dienone is 1. The molecule has 1 aromatic rings.